The van der Waals surface area contributed by atoms with Gasteiger partial charge < -0.3 is 14.5 Å². The van der Waals surface area contributed by atoms with Crippen LogP contribution in [-0.4, -0.2) is 42.3 Å². The van der Waals surface area contributed by atoms with Crippen LogP contribution in [0.4, 0.5) is 10.5 Å². The van der Waals surface area contributed by atoms with Crippen molar-refractivity contribution in [3.05, 3.63) is 51.5 Å². The summed E-state index contributed by atoms with van der Waals surface area (Å²) in [6, 6.07) is 10.8. The lowest BCUT2D eigenvalue weighted by molar-refractivity contribution is 0.0189. The highest BCUT2D eigenvalue weighted by molar-refractivity contribution is 6.35. The van der Waals surface area contributed by atoms with E-state index in [4.69, 9.17) is 27.9 Å². The van der Waals surface area contributed by atoms with Crippen LogP contribution in [-0.2, 0) is 11.2 Å². The van der Waals surface area contributed by atoms with E-state index >= 15 is 0 Å². The number of hydrogen-bond acceptors (Lipinski definition) is 3. The Labute approximate surface area is 194 Å². The summed E-state index contributed by atoms with van der Waals surface area (Å²) in [6.07, 6.45) is 3.00. The van der Waals surface area contributed by atoms with E-state index in [0.29, 0.717) is 28.5 Å². The number of carbonyl (C=O) groups excluding carboxylic acids is 1. The lowest BCUT2D eigenvalue weighted by atomic mass is 9.87. The van der Waals surface area contributed by atoms with Gasteiger partial charge in [0.1, 0.15) is 5.60 Å². The molecule has 6 heteroatoms. The Morgan fingerprint density at radius 1 is 1.03 bits per heavy atom. The van der Waals surface area contributed by atoms with Gasteiger partial charge in [0.25, 0.3) is 0 Å². The third kappa shape index (κ3) is 3.89. The molecule has 3 aliphatic heterocycles. The second kappa shape index (κ2) is 7.60. The minimum atomic E-state index is -0.483. The number of nitrogens with zero attached hydrogens (tertiary/aromatic N) is 2. The van der Waals surface area contributed by atoms with Crippen molar-refractivity contribution in [3.63, 3.8) is 0 Å². The number of amides is 1. The summed E-state index contributed by atoms with van der Waals surface area (Å²) < 4.78 is 5.67. The molecule has 4 nitrogen and oxygen atoms in total. The van der Waals surface area contributed by atoms with Crippen LogP contribution in [0.2, 0.25) is 10.0 Å². The van der Waals surface area contributed by atoms with Crippen LogP contribution in [0.1, 0.15) is 50.7 Å². The molecule has 2 atom stereocenters. The molecule has 0 radical (unpaired) electrons. The number of benzene rings is 2. The van der Waals surface area contributed by atoms with Crippen molar-refractivity contribution < 1.29 is 9.53 Å². The Balaban J connectivity index is 1.53. The number of halogens is 2. The number of hydrogen-bond donors (Lipinski definition) is 0. The van der Waals surface area contributed by atoms with Gasteiger partial charge in [-0.1, -0.05) is 23.2 Å². The first-order chi connectivity index (χ1) is 14.7. The van der Waals surface area contributed by atoms with E-state index < -0.39 is 5.60 Å². The van der Waals surface area contributed by atoms with E-state index in [1.54, 1.807) is 6.07 Å². The predicted molar refractivity (Wildman–Crippen MR) is 127 cm³/mol. The molecule has 164 valence electrons. The summed E-state index contributed by atoms with van der Waals surface area (Å²) in [5, 5.41) is 1.29. The van der Waals surface area contributed by atoms with Crippen molar-refractivity contribution >= 4 is 35.0 Å². The minimum absolute atomic E-state index is 0.209. The molecular weight excluding hydrogens is 431 g/mol. The molecule has 3 heterocycles. The monoisotopic (exact) mass is 458 g/mol. The molecule has 1 saturated heterocycles. The van der Waals surface area contributed by atoms with E-state index in [-0.39, 0.29) is 6.09 Å². The van der Waals surface area contributed by atoms with E-state index in [0.717, 1.165) is 43.5 Å². The fraction of sp³-hybridized carbons (Fsp3) is 0.480. The molecule has 2 aromatic rings. The Morgan fingerprint density at radius 2 is 1.74 bits per heavy atom. The number of ether oxygens (including phenoxy) is 1. The summed E-state index contributed by atoms with van der Waals surface area (Å²) >= 11 is 12.6. The smallest absolute Gasteiger partial charge is 0.410 e. The van der Waals surface area contributed by atoms with Gasteiger partial charge >= 0.3 is 6.09 Å². The third-order valence-corrected chi connectivity index (χ3v) is 7.01. The van der Waals surface area contributed by atoms with E-state index in [1.807, 2.05) is 37.8 Å². The number of fused-ring (bicyclic) bond motifs is 3. The highest BCUT2D eigenvalue weighted by Crippen LogP contribution is 2.50. The molecule has 0 unspecified atom stereocenters. The highest BCUT2D eigenvalue weighted by atomic mass is 35.5. The fourth-order valence-corrected chi connectivity index (χ4v) is 5.95. The second-order valence-electron chi connectivity index (χ2n) is 9.92. The van der Waals surface area contributed by atoms with Gasteiger partial charge in [0, 0.05) is 47.3 Å². The van der Waals surface area contributed by atoms with Crippen molar-refractivity contribution in [3.8, 4) is 11.1 Å². The maximum absolute atomic E-state index is 12.8. The molecule has 31 heavy (non-hydrogen) atoms. The molecule has 0 aromatic heterocycles. The second-order valence-corrected chi connectivity index (χ2v) is 10.8. The normalized spacial score (nSPS) is 22.2. The van der Waals surface area contributed by atoms with E-state index in [2.05, 4.69) is 17.0 Å². The number of piperidine rings is 1. The topological polar surface area (TPSA) is 32.8 Å². The van der Waals surface area contributed by atoms with Gasteiger partial charge in [-0.05, 0) is 92.6 Å². The Kier molecular flexibility index (Phi) is 5.14. The van der Waals surface area contributed by atoms with Gasteiger partial charge in [-0.2, -0.15) is 0 Å². The van der Waals surface area contributed by atoms with Crippen LogP contribution in [0.3, 0.4) is 0 Å². The molecule has 0 spiro atoms. The molecule has 1 amide bonds. The van der Waals surface area contributed by atoms with Gasteiger partial charge in [0.05, 0.1) is 0 Å². The van der Waals surface area contributed by atoms with Gasteiger partial charge in [-0.15, -0.1) is 0 Å². The number of carbonyl (C=O) groups is 1. The minimum Gasteiger partial charge on any atom is -0.444 e. The molecule has 2 aromatic carbocycles. The molecule has 0 N–H and O–H groups in total. The Bertz CT molecular complexity index is 1030. The van der Waals surface area contributed by atoms with E-state index in [1.165, 1.54) is 16.8 Å². The average molecular weight is 459 g/mol. The summed E-state index contributed by atoms with van der Waals surface area (Å²) in [4.78, 5) is 17.3. The first-order valence-electron chi connectivity index (χ1n) is 11.1. The molecule has 0 aliphatic carbocycles. The average Bonchev–Trinajstić information content (AvgIpc) is 3.01. The number of aryl methyl sites for hydroxylation is 1. The summed E-state index contributed by atoms with van der Waals surface area (Å²) in [7, 11) is 0. The number of anilines is 1. The predicted octanol–water partition coefficient (Wildman–Crippen LogP) is 6.52. The van der Waals surface area contributed by atoms with Crippen LogP contribution in [0.15, 0.2) is 30.3 Å². The summed E-state index contributed by atoms with van der Waals surface area (Å²) in [6.45, 7) is 8.29. The summed E-state index contributed by atoms with van der Waals surface area (Å²) in [5.74, 6) is 0.294. The van der Waals surface area contributed by atoms with Crippen molar-refractivity contribution in [2.45, 2.75) is 57.6 Å². The fourth-order valence-electron chi connectivity index (χ4n) is 5.42. The van der Waals surface area contributed by atoms with Crippen LogP contribution < -0.4 is 4.90 Å². The lowest BCUT2D eigenvalue weighted by Crippen LogP contribution is -2.49. The van der Waals surface area contributed by atoms with Crippen LogP contribution >= 0.6 is 23.2 Å². The molecule has 1 fully saturated rings. The SMILES string of the molecule is CC(C)(C)OC(=O)N1CC[C@H]2[C@@H](C1)c1cc(-c3cc(Cl)cc(Cl)c3)cc3c1N2CCC3. The van der Waals surface area contributed by atoms with Crippen molar-refractivity contribution in [2.24, 2.45) is 0 Å². The third-order valence-electron chi connectivity index (χ3n) is 6.57. The number of likely N-dealkylation sites (tertiary alicyclic amines) is 1. The Morgan fingerprint density at radius 3 is 2.45 bits per heavy atom. The molecule has 0 saturated carbocycles. The zero-order chi connectivity index (χ0) is 21.9. The van der Waals surface area contributed by atoms with Gasteiger partial charge in [0.2, 0.25) is 0 Å². The molecule has 0 bridgehead atoms. The van der Waals surface area contributed by atoms with Gasteiger partial charge in [-0.3, -0.25) is 0 Å². The van der Waals surface area contributed by atoms with Crippen LogP contribution in [0, 0.1) is 0 Å². The summed E-state index contributed by atoms with van der Waals surface area (Å²) in [5.41, 5.74) is 5.84. The van der Waals surface area contributed by atoms with Crippen LogP contribution in [0.5, 0.6) is 0 Å². The molecular formula is C25H28Cl2N2O2. The first kappa shape index (κ1) is 21.0. The maximum atomic E-state index is 12.8. The first-order valence-corrected chi connectivity index (χ1v) is 11.8. The van der Waals surface area contributed by atoms with Crippen molar-refractivity contribution in [1.29, 1.82) is 0 Å². The van der Waals surface area contributed by atoms with Gasteiger partial charge in [0.15, 0.2) is 0 Å². The van der Waals surface area contributed by atoms with Crippen molar-refractivity contribution in [2.75, 3.05) is 24.5 Å². The zero-order valence-electron chi connectivity index (χ0n) is 18.3. The molecule has 3 aliphatic rings. The van der Waals surface area contributed by atoms with Gasteiger partial charge in [-0.25, -0.2) is 4.79 Å². The Hall–Kier alpha value is -1.91. The lowest BCUT2D eigenvalue weighted by Gasteiger charge is -2.40. The largest absolute Gasteiger partial charge is 0.444 e. The maximum Gasteiger partial charge on any atom is 0.410 e. The van der Waals surface area contributed by atoms with Crippen molar-refractivity contribution in [1.82, 2.24) is 4.90 Å². The standard InChI is InChI=1S/C25H28Cl2N2O2/c1-25(2,3)31-24(30)28-8-6-22-21(14-28)20-12-16(17-10-18(26)13-19(27)11-17)9-15-5-4-7-29(22)23(15)20/h9-13,21-22H,4-8,14H2,1-3H3/t21-,22-/m0/s1. The highest BCUT2D eigenvalue weighted by Gasteiger charge is 2.45. The van der Waals surface area contributed by atoms with Crippen LogP contribution in [0.25, 0.3) is 11.1 Å². The number of rotatable bonds is 1. The van der Waals surface area contributed by atoms with E-state index in [9.17, 15) is 4.79 Å². The molecule has 5 rings (SSSR count). The quantitative estimate of drug-likeness (QED) is 0.487. The zero-order valence-corrected chi connectivity index (χ0v) is 19.8.